The SMILES string of the molecule is Cc1ccc(C(=O)[C@H]2C[NH+]3CCC2CC3)cc1. The van der Waals surface area contributed by atoms with Crippen molar-refractivity contribution in [1.82, 2.24) is 0 Å². The topological polar surface area (TPSA) is 21.5 Å². The first-order valence-electron chi connectivity index (χ1n) is 6.68. The van der Waals surface area contributed by atoms with Gasteiger partial charge in [0.15, 0.2) is 5.78 Å². The van der Waals surface area contributed by atoms with Crippen LogP contribution in [0.3, 0.4) is 0 Å². The summed E-state index contributed by atoms with van der Waals surface area (Å²) >= 11 is 0. The summed E-state index contributed by atoms with van der Waals surface area (Å²) in [5.74, 6) is 1.32. The maximum absolute atomic E-state index is 12.5. The molecule has 3 fully saturated rings. The van der Waals surface area contributed by atoms with E-state index in [0.29, 0.717) is 11.7 Å². The van der Waals surface area contributed by atoms with Crippen molar-refractivity contribution in [3.63, 3.8) is 0 Å². The van der Waals surface area contributed by atoms with E-state index in [-0.39, 0.29) is 5.92 Å². The number of carbonyl (C=O) groups is 1. The summed E-state index contributed by atoms with van der Waals surface area (Å²) in [5.41, 5.74) is 2.13. The molecular weight excluding hydrogens is 210 g/mol. The molecule has 3 saturated heterocycles. The highest BCUT2D eigenvalue weighted by molar-refractivity contribution is 5.98. The zero-order valence-electron chi connectivity index (χ0n) is 10.4. The van der Waals surface area contributed by atoms with Gasteiger partial charge in [0, 0.05) is 18.4 Å². The number of Topliss-reactive ketones (excluding diaryl/α,β-unsaturated/α-hetero) is 1. The lowest BCUT2D eigenvalue weighted by Crippen LogP contribution is -3.16. The van der Waals surface area contributed by atoms with Gasteiger partial charge in [0.1, 0.15) is 0 Å². The Morgan fingerprint density at radius 1 is 1.18 bits per heavy atom. The molecule has 0 aromatic heterocycles. The van der Waals surface area contributed by atoms with Crippen molar-refractivity contribution in [2.75, 3.05) is 19.6 Å². The Labute approximate surface area is 103 Å². The molecule has 1 N–H and O–H groups in total. The zero-order chi connectivity index (χ0) is 11.8. The minimum atomic E-state index is 0.287. The van der Waals surface area contributed by atoms with E-state index < -0.39 is 0 Å². The van der Waals surface area contributed by atoms with E-state index in [9.17, 15) is 4.79 Å². The molecule has 0 saturated carbocycles. The van der Waals surface area contributed by atoms with Gasteiger partial charge in [-0.1, -0.05) is 29.8 Å². The molecule has 0 amide bonds. The molecule has 1 aromatic carbocycles. The van der Waals surface area contributed by atoms with Crippen LogP contribution in [0.25, 0.3) is 0 Å². The summed E-state index contributed by atoms with van der Waals surface area (Å²) < 4.78 is 0. The van der Waals surface area contributed by atoms with E-state index in [1.165, 1.54) is 31.5 Å². The van der Waals surface area contributed by atoms with E-state index in [2.05, 4.69) is 6.92 Å². The quantitative estimate of drug-likeness (QED) is 0.755. The summed E-state index contributed by atoms with van der Waals surface area (Å²) in [6.45, 7) is 5.69. The molecule has 2 heteroatoms. The molecular formula is C15H20NO+. The van der Waals surface area contributed by atoms with Crippen molar-refractivity contribution in [3.8, 4) is 0 Å². The molecule has 3 aliphatic rings. The van der Waals surface area contributed by atoms with Crippen molar-refractivity contribution in [3.05, 3.63) is 35.4 Å². The van der Waals surface area contributed by atoms with Gasteiger partial charge in [0.2, 0.25) is 0 Å². The van der Waals surface area contributed by atoms with Crippen molar-refractivity contribution in [2.24, 2.45) is 11.8 Å². The highest BCUT2D eigenvalue weighted by Gasteiger charge is 2.41. The highest BCUT2D eigenvalue weighted by Crippen LogP contribution is 2.27. The molecule has 1 aromatic rings. The Kier molecular flexibility index (Phi) is 2.75. The third kappa shape index (κ3) is 2.02. The Bertz CT molecular complexity index is 415. The van der Waals surface area contributed by atoms with Crippen molar-refractivity contribution >= 4 is 5.78 Å². The predicted octanol–water partition coefficient (Wildman–Crippen LogP) is 1.10. The van der Waals surface area contributed by atoms with Crippen molar-refractivity contribution in [2.45, 2.75) is 19.8 Å². The number of fused-ring (bicyclic) bond motifs is 3. The maximum atomic E-state index is 12.5. The van der Waals surface area contributed by atoms with Gasteiger partial charge in [0.25, 0.3) is 0 Å². The lowest BCUT2D eigenvalue weighted by molar-refractivity contribution is -0.919. The summed E-state index contributed by atoms with van der Waals surface area (Å²) in [4.78, 5) is 14.1. The van der Waals surface area contributed by atoms with Crippen LogP contribution in [-0.2, 0) is 0 Å². The average Bonchev–Trinajstić information content (AvgIpc) is 2.40. The van der Waals surface area contributed by atoms with Gasteiger partial charge in [-0.05, 0) is 12.8 Å². The number of benzene rings is 1. The van der Waals surface area contributed by atoms with Gasteiger partial charge in [-0.3, -0.25) is 4.79 Å². The molecule has 2 nitrogen and oxygen atoms in total. The molecule has 3 heterocycles. The second-order valence-corrected chi connectivity index (χ2v) is 5.63. The first-order valence-corrected chi connectivity index (χ1v) is 6.68. The third-order valence-corrected chi connectivity index (χ3v) is 4.49. The first-order chi connectivity index (χ1) is 8.24. The number of hydrogen-bond acceptors (Lipinski definition) is 1. The van der Waals surface area contributed by atoms with Crippen LogP contribution in [0.1, 0.15) is 28.8 Å². The smallest absolute Gasteiger partial charge is 0.171 e. The van der Waals surface area contributed by atoms with E-state index in [0.717, 1.165) is 12.1 Å². The third-order valence-electron chi connectivity index (χ3n) is 4.49. The van der Waals surface area contributed by atoms with Crippen LogP contribution in [0.4, 0.5) is 0 Å². The maximum Gasteiger partial charge on any atom is 0.171 e. The number of piperidine rings is 3. The number of quaternary nitrogens is 1. The average molecular weight is 230 g/mol. The molecule has 2 bridgehead atoms. The molecule has 0 spiro atoms. The van der Waals surface area contributed by atoms with Crippen LogP contribution in [0, 0.1) is 18.8 Å². The van der Waals surface area contributed by atoms with Crippen LogP contribution in [0.2, 0.25) is 0 Å². The number of aryl methyl sites for hydroxylation is 1. The number of carbonyl (C=O) groups excluding carboxylic acids is 1. The molecule has 3 aliphatic heterocycles. The molecule has 90 valence electrons. The number of hydrogen-bond donors (Lipinski definition) is 1. The highest BCUT2D eigenvalue weighted by atomic mass is 16.1. The molecule has 0 unspecified atom stereocenters. The van der Waals surface area contributed by atoms with Gasteiger partial charge in [-0.15, -0.1) is 0 Å². The fourth-order valence-corrected chi connectivity index (χ4v) is 3.37. The van der Waals surface area contributed by atoms with Crippen LogP contribution < -0.4 is 4.90 Å². The van der Waals surface area contributed by atoms with Crippen molar-refractivity contribution < 1.29 is 9.69 Å². The normalized spacial score (nSPS) is 31.5. The van der Waals surface area contributed by atoms with Gasteiger partial charge >= 0.3 is 0 Å². The number of rotatable bonds is 2. The van der Waals surface area contributed by atoms with Gasteiger partial charge in [-0.25, -0.2) is 0 Å². The molecule has 4 rings (SSSR count). The summed E-state index contributed by atoms with van der Waals surface area (Å²) in [6.07, 6.45) is 2.50. The fraction of sp³-hybridized carbons (Fsp3) is 0.533. The predicted molar refractivity (Wildman–Crippen MR) is 67.3 cm³/mol. The molecule has 1 atom stereocenters. The van der Waals surface area contributed by atoms with E-state index in [1.54, 1.807) is 4.90 Å². The van der Waals surface area contributed by atoms with Gasteiger partial charge < -0.3 is 4.90 Å². The molecule has 17 heavy (non-hydrogen) atoms. The molecule has 0 aliphatic carbocycles. The minimum absolute atomic E-state index is 0.287. The fourth-order valence-electron chi connectivity index (χ4n) is 3.37. The van der Waals surface area contributed by atoms with Gasteiger partial charge in [-0.2, -0.15) is 0 Å². The largest absolute Gasteiger partial charge is 0.334 e. The summed E-state index contributed by atoms with van der Waals surface area (Å²) in [7, 11) is 0. The second-order valence-electron chi connectivity index (χ2n) is 5.63. The van der Waals surface area contributed by atoms with Gasteiger partial charge in [0.05, 0.1) is 25.6 Å². The summed E-state index contributed by atoms with van der Waals surface area (Å²) in [6, 6.07) is 8.07. The van der Waals surface area contributed by atoms with E-state index in [4.69, 9.17) is 0 Å². The van der Waals surface area contributed by atoms with Crippen LogP contribution in [0.5, 0.6) is 0 Å². The number of nitrogens with one attached hydrogen (secondary N) is 1. The van der Waals surface area contributed by atoms with E-state index >= 15 is 0 Å². The Morgan fingerprint density at radius 3 is 2.35 bits per heavy atom. The summed E-state index contributed by atoms with van der Waals surface area (Å²) in [5, 5.41) is 0. The Balaban J connectivity index is 1.80. The monoisotopic (exact) mass is 230 g/mol. The first kappa shape index (κ1) is 11.0. The second kappa shape index (κ2) is 4.26. The lowest BCUT2D eigenvalue weighted by atomic mass is 9.75. The molecule has 0 radical (unpaired) electrons. The number of ketones is 1. The Morgan fingerprint density at radius 2 is 1.82 bits per heavy atom. The zero-order valence-corrected chi connectivity index (χ0v) is 10.4. The van der Waals surface area contributed by atoms with Crippen LogP contribution >= 0.6 is 0 Å². The van der Waals surface area contributed by atoms with Crippen LogP contribution in [-0.4, -0.2) is 25.4 Å². The Hall–Kier alpha value is -1.15. The minimum Gasteiger partial charge on any atom is -0.334 e. The van der Waals surface area contributed by atoms with E-state index in [1.807, 2.05) is 24.3 Å². The standard InChI is InChI=1S/C15H19NO/c1-11-2-4-13(5-3-11)15(17)14-10-16-8-6-12(14)7-9-16/h2-5,12,14H,6-10H2,1H3/p+1/t14-/m0/s1. The van der Waals surface area contributed by atoms with Crippen molar-refractivity contribution in [1.29, 1.82) is 0 Å². The van der Waals surface area contributed by atoms with Crippen LogP contribution in [0.15, 0.2) is 24.3 Å². The lowest BCUT2D eigenvalue weighted by Gasteiger charge is -2.41.